The summed E-state index contributed by atoms with van der Waals surface area (Å²) in [4.78, 5) is 44.0. The van der Waals surface area contributed by atoms with Crippen LogP contribution in [-0.2, 0) is 19.1 Å². The summed E-state index contributed by atoms with van der Waals surface area (Å²) in [6, 6.07) is 3.51. The number of aliphatic hydroxyl groups is 1. The molecule has 1 aromatic carbocycles. The lowest BCUT2D eigenvalue weighted by Crippen LogP contribution is -2.60. The van der Waals surface area contributed by atoms with Crippen molar-refractivity contribution in [2.45, 2.75) is 64.3 Å². The topological polar surface area (TPSA) is 107 Å². The number of fused-ring (bicyclic) bond motifs is 1. The molecule has 1 spiro atoms. The molecule has 8 nitrogen and oxygen atoms in total. The third-order valence-electron chi connectivity index (χ3n) is 8.60. The van der Waals surface area contributed by atoms with E-state index in [9.17, 15) is 24.6 Å². The lowest BCUT2D eigenvalue weighted by molar-refractivity contribution is -0.158. The monoisotopic (exact) mass is 518 g/mol. The molecule has 3 unspecified atom stereocenters. The Bertz CT molecular complexity index is 1090. The van der Waals surface area contributed by atoms with Gasteiger partial charge in [0.25, 0.3) is 5.91 Å². The van der Waals surface area contributed by atoms with Crippen LogP contribution in [0.2, 0.25) is 5.02 Å². The Kier molecular flexibility index (Phi) is 6.77. The number of halogens is 1. The molecule has 196 valence electrons. The standard InChI is InChI=1S/C27H35ClN2O6/c1-7-11-29(21-15(4)9-8-10-17(21)28)24(33)22-27-12-16(5)26(6,36-27)20(25(34)35)19(27)23(32)30(22)18(13-31)14(2)3/h7-10,14,16,18-20,22,31H,1,11-13H2,2-6H3,(H,34,35)/t16?,18-,19-,20-,22?,26+,27?/m0/s1. The molecule has 1 aromatic rings. The second-order valence-electron chi connectivity index (χ2n) is 10.9. The van der Waals surface area contributed by atoms with E-state index >= 15 is 0 Å². The van der Waals surface area contributed by atoms with Gasteiger partial charge in [-0.05, 0) is 43.7 Å². The number of aliphatic carboxylic acids is 1. The van der Waals surface area contributed by atoms with E-state index in [1.807, 2.05) is 33.8 Å². The molecule has 0 aromatic heterocycles. The number of aliphatic hydroxyl groups excluding tert-OH is 1. The average molecular weight is 519 g/mol. The average Bonchev–Trinajstić information content (AvgIpc) is 3.30. The highest BCUT2D eigenvalue weighted by Gasteiger charge is 2.80. The maximum Gasteiger partial charge on any atom is 0.310 e. The number of rotatable bonds is 8. The first-order chi connectivity index (χ1) is 16.9. The zero-order valence-corrected chi connectivity index (χ0v) is 22.2. The van der Waals surface area contributed by atoms with Crippen molar-refractivity contribution < 1.29 is 29.3 Å². The number of benzene rings is 1. The maximum absolute atomic E-state index is 14.6. The van der Waals surface area contributed by atoms with Crippen molar-refractivity contribution in [1.29, 1.82) is 0 Å². The van der Waals surface area contributed by atoms with Gasteiger partial charge in [0.15, 0.2) is 0 Å². The highest BCUT2D eigenvalue weighted by Crippen LogP contribution is 2.65. The van der Waals surface area contributed by atoms with Gasteiger partial charge in [0.2, 0.25) is 5.91 Å². The van der Waals surface area contributed by atoms with Crippen LogP contribution in [0, 0.1) is 30.6 Å². The number of likely N-dealkylation sites (tertiary alicyclic amines) is 1. The smallest absolute Gasteiger partial charge is 0.310 e. The Morgan fingerprint density at radius 3 is 2.58 bits per heavy atom. The molecule has 3 heterocycles. The third-order valence-corrected chi connectivity index (χ3v) is 8.91. The summed E-state index contributed by atoms with van der Waals surface area (Å²) < 4.78 is 6.56. The molecule has 0 saturated carbocycles. The molecule has 7 atom stereocenters. The van der Waals surface area contributed by atoms with Crippen LogP contribution in [0.15, 0.2) is 30.9 Å². The van der Waals surface area contributed by atoms with E-state index in [0.717, 1.165) is 5.56 Å². The highest BCUT2D eigenvalue weighted by molar-refractivity contribution is 6.34. The van der Waals surface area contributed by atoms with Gasteiger partial charge in [-0.15, -0.1) is 6.58 Å². The summed E-state index contributed by atoms with van der Waals surface area (Å²) >= 11 is 6.56. The number of amides is 2. The van der Waals surface area contributed by atoms with Crippen molar-refractivity contribution in [3.63, 3.8) is 0 Å². The van der Waals surface area contributed by atoms with Crippen LogP contribution < -0.4 is 4.90 Å². The van der Waals surface area contributed by atoms with Crippen LogP contribution >= 0.6 is 11.6 Å². The van der Waals surface area contributed by atoms with Gasteiger partial charge in [-0.2, -0.15) is 0 Å². The first kappa shape index (κ1) is 26.6. The number of para-hydroxylation sites is 1. The largest absolute Gasteiger partial charge is 0.481 e. The lowest BCUT2D eigenvalue weighted by Gasteiger charge is -2.41. The van der Waals surface area contributed by atoms with Gasteiger partial charge >= 0.3 is 5.97 Å². The second-order valence-corrected chi connectivity index (χ2v) is 11.3. The van der Waals surface area contributed by atoms with Gasteiger partial charge in [0.1, 0.15) is 17.6 Å². The Hall–Kier alpha value is -2.42. The fourth-order valence-electron chi connectivity index (χ4n) is 6.84. The van der Waals surface area contributed by atoms with Crippen LogP contribution in [0.1, 0.15) is 39.7 Å². The molecule has 2 bridgehead atoms. The van der Waals surface area contributed by atoms with E-state index in [1.165, 1.54) is 9.80 Å². The minimum absolute atomic E-state index is 0.128. The minimum Gasteiger partial charge on any atom is -0.481 e. The van der Waals surface area contributed by atoms with E-state index in [2.05, 4.69) is 6.58 Å². The van der Waals surface area contributed by atoms with Gasteiger partial charge in [-0.1, -0.05) is 50.6 Å². The van der Waals surface area contributed by atoms with Gasteiger partial charge in [-0.25, -0.2) is 0 Å². The molecule has 3 aliphatic heterocycles. The number of hydrogen-bond donors (Lipinski definition) is 2. The van der Waals surface area contributed by atoms with Crippen LogP contribution in [0.3, 0.4) is 0 Å². The molecular weight excluding hydrogens is 484 g/mol. The third kappa shape index (κ3) is 3.52. The van der Waals surface area contributed by atoms with Crippen LogP contribution in [0.25, 0.3) is 0 Å². The Labute approximate surface area is 216 Å². The first-order valence-corrected chi connectivity index (χ1v) is 12.8. The SMILES string of the molecule is C=CCN(C(=O)C1N([C@@H](CO)C(C)C)C(=O)[C@@H]2[C@@H](C(=O)O)[C@]3(C)OC12CC3C)c1c(C)cccc1Cl. The lowest BCUT2D eigenvalue weighted by atomic mass is 9.62. The molecule has 3 saturated heterocycles. The second kappa shape index (κ2) is 9.15. The molecule has 4 rings (SSSR count). The molecule has 0 radical (unpaired) electrons. The Balaban J connectivity index is 1.93. The van der Waals surface area contributed by atoms with Crippen molar-refractivity contribution in [2.24, 2.45) is 23.7 Å². The molecule has 3 fully saturated rings. The summed E-state index contributed by atoms with van der Waals surface area (Å²) in [6.45, 7) is 12.8. The van der Waals surface area contributed by atoms with Crippen LogP contribution in [0.4, 0.5) is 5.69 Å². The minimum atomic E-state index is -1.33. The summed E-state index contributed by atoms with van der Waals surface area (Å²) in [5, 5.41) is 20.9. The van der Waals surface area contributed by atoms with Gasteiger partial charge < -0.3 is 24.7 Å². The Morgan fingerprint density at radius 1 is 1.39 bits per heavy atom. The molecule has 9 heteroatoms. The van der Waals surface area contributed by atoms with Crippen molar-refractivity contribution in [3.8, 4) is 0 Å². The number of aryl methyl sites for hydroxylation is 1. The molecule has 0 aliphatic carbocycles. The number of anilines is 1. The number of carbonyl (C=O) groups excluding carboxylic acids is 2. The van der Waals surface area contributed by atoms with E-state index < -0.39 is 52.9 Å². The molecule has 3 aliphatic rings. The quantitative estimate of drug-likeness (QED) is 0.511. The number of carboxylic acid groups (broad SMARTS) is 1. The fraction of sp³-hybridized carbons (Fsp3) is 0.593. The number of nitrogens with zero attached hydrogens (tertiary/aromatic N) is 2. The van der Waals surface area contributed by atoms with Crippen molar-refractivity contribution in [1.82, 2.24) is 4.90 Å². The summed E-state index contributed by atoms with van der Waals surface area (Å²) in [7, 11) is 0. The van der Waals surface area contributed by atoms with E-state index in [4.69, 9.17) is 16.3 Å². The summed E-state index contributed by atoms with van der Waals surface area (Å²) in [5.74, 6) is -4.52. The Morgan fingerprint density at radius 2 is 2.06 bits per heavy atom. The zero-order valence-electron chi connectivity index (χ0n) is 21.4. The number of ether oxygens (including phenoxy) is 1. The number of carboxylic acids is 1. The van der Waals surface area contributed by atoms with Gasteiger partial charge in [-0.3, -0.25) is 14.4 Å². The molecular formula is C27H35ClN2O6. The number of carbonyl (C=O) groups is 3. The van der Waals surface area contributed by atoms with E-state index in [-0.39, 0.29) is 25.0 Å². The number of hydrogen-bond acceptors (Lipinski definition) is 5. The molecule has 2 amide bonds. The van der Waals surface area contributed by atoms with Crippen molar-refractivity contribution in [2.75, 3.05) is 18.1 Å². The van der Waals surface area contributed by atoms with Gasteiger partial charge in [0, 0.05) is 6.54 Å². The van der Waals surface area contributed by atoms with E-state index in [0.29, 0.717) is 17.1 Å². The van der Waals surface area contributed by atoms with Crippen molar-refractivity contribution >= 4 is 35.1 Å². The molecule has 36 heavy (non-hydrogen) atoms. The van der Waals surface area contributed by atoms with E-state index in [1.54, 1.807) is 25.1 Å². The van der Waals surface area contributed by atoms with Crippen LogP contribution in [-0.4, -0.2) is 69.3 Å². The zero-order chi connectivity index (χ0) is 26.7. The molecule has 2 N–H and O–H groups in total. The summed E-state index contributed by atoms with van der Waals surface area (Å²) in [5.41, 5.74) is -1.15. The predicted molar refractivity (Wildman–Crippen MR) is 136 cm³/mol. The fourth-order valence-corrected chi connectivity index (χ4v) is 7.17. The normalized spacial score (nSPS) is 33.7. The van der Waals surface area contributed by atoms with Crippen LogP contribution in [0.5, 0.6) is 0 Å². The maximum atomic E-state index is 14.6. The highest BCUT2D eigenvalue weighted by atomic mass is 35.5. The predicted octanol–water partition coefficient (Wildman–Crippen LogP) is 3.28. The van der Waals surface area contributed by atoms with Crippen molar-refractivity contribution in [3.05, 3.63) is 41.4 Å². The summed E-state index contributed by atoms with van der Waals surface area (Å²) in [6.07, 6.45) is 1.94. The van der Waals surface area contributed by atoms with Gasteiger partial charge in [0.05, 0.1) is 34.9 Å². The first-order valence-electron chi connectivity index (χ1n) is 12.4.